The smallest absolute Gasteiger partial charge is 0.000750 e. The Morgan fingerprint density at radius 2 is 1.14 bits per heavy atom. The van der Waals surface area contributed by atoms with Gasteiger partial charge >= 0.3 is 0 Å². The van der Waals surface area contributed by atoms with Crippen molar-refractivity contribution in [3.05, 3.63) is 0 Å². The van der Waals surface area contributed by atoms with Crippen molar-refractivity contribution in [2.24, 2.45) is 5.92 Å². The van der Waals surface area contributed by atoms with Crippen LogP contribution in [-0.4, -0.2) is 24.5 Å². The van der Waals surface area contributed by atoms with Gasteiger partial charge in [-0.1, -0.05) is 97.3 Å². The van der Waals surface area contributed by atoms with Crippen molar-refractivity contribution in [1.29, 1.82) is 0 Å². The fourth-order valence-corrected chi connectivity index (χ4v) is 3.76. The molecule has 0 aromatic carbocycles. The molecular formula is C21H43N. The first kappa shape index (κ1) is 20.0. The molecule has 1 rings (SSSR count). The van der Waals surface area contributed by atoms with E-state index < -0.39 is 0 Å². The van der Waals surface area contributed by atoms with E-state index in [0.29, 0.717) is 0 Å². The van der Waals surface area contributed by atoms with Crippen LogP contribution in [-0.2, 0) is 0 Å². The highest BCUT2D eigenvalue weighted by Crippen LogP contribution is 2.16. The summed E-state index contributed by atoms with van der Waals surface area (Å²) < 4.78 is 0. The molecule has 22 heavy (non-hydrogen) atoms. The van der Waals surface area contributed by atoms with Crippen LogP contribution in [0.5, 0.6) is 0 Å². The largest absolute Gasteiger partial charge is 0.303 e. The van der Waals surface area contributed by atoms with Gasteiger partial charge in [0, 0.05) is 6.54 Å². The van der Waals surface area contributed by atoms with Crippen molar-refractivity contribution in [2.75, 3.05) is 19.6 Å². The third-order valence-corrected chi connectivity index (χ3v) is 5.34. The van der Waals surface area contributed by atoms with Crippen molar-refractivity contribution >= 4 is 0 Å². The first-order valence-corrected chi connectivity index (χ1v) is 10.5. The van der Waals surface area contributed by atoms with Crippen LogP contribution in [0.1, 0.15) is 110 Å². The molecule has 1 heteroatoms. The molecule has 0 aromatic rings. The molecule has 1 aliphatic rings. The minimum atomic E-state index is 0.951. The first-order valence-electron chi connectivity index (χ1n) is 10.5. The summed E-state index contributed by atoms with van der Waals surface area (Å²) in [6.07, 6.45) is 21.9. The zero-order chi connectivity index (χ0) is 15.9. The molecule has 0 aliphatic carbocycles. The highest BCUT2D eigenvalue weighted by atomic mass is 15.1. The topological polar surface area (TPSA) is 3.24 Å². The minimum Gasteiger partial charge on any atom is -0.303 e. The van der Waals surface area contributed by atoms with Gasteiger partial charge in [-0.2, -0.15) is 0 Å². The van der Waals surface area contributed by atoms with E-state index in [1.165, 1.54) is 116 Å². The van der Waals surface area contributed by atoms with Gasteiger partial charge in [-0.25, -0.2) is 0 Å². The Morgan fingerprint density at radius 3 is 1.55 bits per heavy atom. The van der Waals surface area contributed by atoms with Crippen molar-refractivity contribution in [3.8, 4) is 0 Å². The zero-order valence-corrected chi connectivity index (χ0v) is 15.8. The average Bonchev–Trinajstić information content (AvgIpc) is 2.93. The summed E-state index contributed by atoms with van der Waals surface area (Å²) in [6, 6.07) is 0. The number of hydrogen-bond acceptors (Lipinski definition) is 1. The predicted octanol–water partition coefficient (Wildman–Crippen LogP) is 6.81. The molecule has 1 nitrogen and oxygen atoms in total. The van der Waals surface area contributed by atoms with E-state index in [1.807, 2.05) is 0 Å². The third-order valence-electron chi connectivity index (χ3n) is 5.34. The second kappa shape index (κ2) is 14.5. The molecule has 0 spiro atoms. The van der Waals surface area contributed by atoms with Crippen LogP contribution in [0.4, 0.5) is 0 Å². The summed E-state index contributed by atoms with van der Waals surface area (Å²) >= 11 is 0. The maximum absolute atomic E-state index is 2.67. The van der Waals surface area contributed by atoms with Gasteiger partial charge in [0.2, 0.25) is 0 Å². The van der Waals surface area contributed by atoms with Gasteiger partial charge in [0.05, 0.1) is 0 Å². The molecule has 1 fully saturated rings. The summed E-state index contributed by atoms with van der Waals surface area (Å²) in [4.78, 5) is 2.67. The van der Waals surface area contributed by atoms with E-state index in [9.17, 15) is 0 Å². The van der Waals surface area contributed by atoms with E-state index >= 15 is 0 Å². The van der Waals surface area contributed by atoms with Crippen LogP contribution in [0.15, 0.2) is 0 Å². The first-order chi connectivity index (χ1) is 10.8. The molecule has 0 radical (unpaired) electrons. The van der Waals surface area contributed by atoms with E-state index in [1.54, 1.807) is 0 Å². The van der Waals surface area contributed by atoms with Gasteiger partial charge in [-0.15, -0.1) is 0 Å². The number of hydrogen-bond donors (Lipinski definition) is 0. The van der Waals surface area contributed by atoms with Crippen LogP contribution in [0.3, 0.4) is 0 Å². The summed E-state index contributed by atoms with van der Waals surface area (Å²) in [6.45, 7) is 8.78. The zero-order valence-electron chi connectivity index (χ0n) is 15.8. The molecule has 0 amide bonds. The Morgan fingerprint density at radius 1 is 0.682 bits per heavy atom. The number of nitrogens with zero attached hydrogens (tertiary/aromatic N) is 1. The third kappa shape index (κ3) is 11.5. The van der Waals surface area contributed by atoms with Gasteiger partial charge < -0.3 is 4.90 Å². The van der Waals surface area contributed by atoms with Crippen molar-refractivity contribution in [3.63, 3.8) is 0 Å². The van der Waals surface area contributed by atoms with Crippen LogP contribution in [0, 0.1) is 5.92 Å². The predicted molar refractivity (Wildman–Crippen MR) is 101 cm³/mol. The summed E-state index contributed by atoms with van der Waals surface area (Å²) in [5, 5.41) is 0. The Hall–Kier alpha value is -0.0400. The lowest BCUT2D eigenvalue weighted by molar-refractivity contribution is 0.317. The Labute approximate surface area is 141 Å². The van der Waals surface area contributed by atoms with Gasteiger partial charge in [-0.3, -0.25) is 0 Å². The maximum Gasteiger partial charge on any atom is 0.000750 e. The highest BCUT2D eigenvalue weighted by molar-refractivity contribution is 4.71. The Balaban J connectivity index is 1.68. The fraction of sp³-hybridized carbons (Fsp3) is 1.00. The molecular weight excluding hydrogens is 266 g/mol. The molecule has 1 atom stereocenters. The van der Waals surface area contributed by atoms with Crippen LogP contribution < -0.4 is 0 Å². The highest BCUT2D eigenvalue weighted by Gasteiger charge is 2.17. The normalized spacial score (nSPS) is 19.1. The van der Waals surface area contributed by atoms with Crippen molar-refractivity contribution < 1.29 is 0 Å². The van der Waals surface area contributed by atoms with Gasteiger partial charge in [0.1, 0.15) is 0 Å². The number of rotatable bonds is 15. The summed E-state index contributed by atoms with van der Waals surface area (Å²) in [7, 11) is 0. The SMILES string of the molecule is CCCCCCCCCCCCCCCCN1CCC(C)C1. The van der Waals surface area contributed by atoms with Gasteiger partial charge in [0.25, 0.3) is 0 Å². The molecule has 0 bridgehead atoms. The lowest BCUT2D eigenvalue weighted by Crippen LogP contribution is -2.21. The molecule has 1 saturated heterocycles. The summed E-state index contributed by atoms with van der Waals surface area (Å²) in [5.74, 6) is 0.951. The van der Waals surface area contributed by atoms with Gasteiger partial charge in [-0.05, 0) is 31.8 Å². The molecule has 0 aromatic heterocycles. The second-order valence-electron chi connectivity index (χ2n) is 7.79. The monoisotopic (exact) mass is 309 g/mol. The Bertz CT molecular complexity index is 226. The molecule has 0 N–H and O–H groups in total. The number of unbranched alkanes of at least 4 members (excludes halogenated alkanes) is 13. The molecule has 1 aliphatic heterocycles. The molecule has 0 saturated carbocycles. The second-order valence-corrected chi connectivity index (χ2v) is 7.79. The average molecular weight is 310 g/mol. The maximum atomic E-state index is 2.67. The lowest BCUT2D eigenvalue weighted by atomic mass is 10.0. The fourth-order valence-electron chi connectivity index (χ4n) is 3.76. The van der Waals surface area contributed by atoms with E-state index in [0.717, 1.165) is 5.92 Å². The standard InChI is InChI=1S/C21H43N/c1-3-4-5-6-7-8-9-10-11-12-13-14-15-16-18-22-19-17-21(2)20-22/h21H,3-20H2,1-2H3. The molecule has 1 heterocycles. The van der Waals surface area contributed by atoms with E-state index in [4.69, 9.17) is 0 Å². The quantitative estimate of drug-likeness (QED) is 0.300. The number of likely N-dealkylation sites (tertiary alicyclic amines) is 1. The minimum absolute atomic E-state index is 0.951. The van der Waals surface area contributed by atoms with Gasteiger partial charge in [0.15, 0.2) is 0 Å². The van der Waals surface area contributed by atoms with E-state index in [-0.39, 0.29) is 0 Å². The van der Waals surface area contributed by atoms with E-state index in [2.05, 4.69) is 18.7 Å². The van der Waals surface area contributed by atoms with Crippen LogP contribution in [0.2, 0.25) is 0 Å². The summed E-state index contributed by atoms with van der Waals surface area (Å²) in [5.41, 5.74) is 0. The van der Waals surface area contributed by atoms with Crippen molar-refractivity contribution in [2.45, 2.75) is 110 Å². The van der Waals surface area contributed by atoms with Crippen LogP contribution >= 0.6 is 0 Å². The van der Waals surface area contributed by atoms with Crippen LogP contribution in [0.25, 0.3) is 0 Å². The lowest BCUT2D eigenvalue weighted by Gasteiger charge is -2.14. The molecule has 132 valence electrons. The molecule has 1 unspecified atom stereocenters. The van der Waals surface area contributed by atoms with Crippen molar-refractivity contribution in [1.82, 2.24) is 4.90 Å². The Kier molecular flexibility index (Phi) is 13.2.